The van der Waals surface area contributed by atoms with Gasteiger partial charge in [0.25, 0.3) is 0 Å². The Morgan fingerprint density at radius 2 is 1.14 bits per heavy atom. The van der Waals surface area contributed by atoms with Crippen molar-refractivity contribution in [2.45, 2.75) is 102 Å². The van der Waals surface area contributed by atoms with Crippen LogP contribution in [0.1, 0.15) is 89.9 Å². The molecule has 2 atom stereocenters. The lowest BCUT2D eigenvalue weighted by molar-refractivity contribution is -0.143. The fourth-order valence-electron chi connectivity index (χ4n) is 6.04. The number of Topliss-reactive ketones (excluding diaryl/α,β-unsaturated/α-hetero) is 4. The van der Waals surface area contributed by atoms with Gasteiger partial charge >= 0.3 is 11.9 Å². The van der Waals surface area contributed by atoms with Gasteiger partial charge in [0.1, 0.15) is 0 Å². The highest BCUT2D eigenvalue weighted by Crippen LogP contribution is 2.24. The zero-order valence-electron chi connectivity index (χ0n) is 24.8. The number of likely N-dealkylation sites (tertiary alicyclic amines) is 2. The van der Waals surface area contributed by atoms with Crippen molar-refractivity contribution in [1.82, 2.24) is 9.80 Å². The van der Waals surface area contributed by atoms with Crippen LogP contribution in [-0.2, 0) is 28.8 Å². The summed E-state index contributed by atoms with van der Waals surface area (Å²) in [5, 5.41) is 17.6. The predicted octanol–water partition coefficient (Wildman–Crippen LogP) is 1.41. The van der Waals surface area contributed by atoms with Crippen molar-refractivity contribution in [3.8, 4) is 0 Å². The molecule has 0 bridgehead atoms. The van der Waals surface area contributed by atoms with Gasteiger partial charge in [-0.15, -0.1) is 0 Å². The quantitative estimate of drug-likeness (QED) is 0.110. The van der Waals surface area contributed by atoms with Crippen molar-refractivity contribution < 1.29 is 39.0 Å². The number of nitrogens with zero attached hydrogens (tertiary/aromatic N) is 2. The Kier molecular flexibility index (Phi) is 16.0. The maximum absolute atomic E-state index is 13.1. The van der Waals surface area contributed by atoms with Crippen LogP contribution in [-0.4, -0.2) is 106 Å². The number of carbonyl (C=O) groups is 6. The fourth-order valence-corrected chi connectivity index (χ4v) is 6.04. The molecule has 0 amide bonds. The number of carboxylic acid groups (broad SMARTS) is 2. The molecule has 2 rings (SSSR count). The molecule has 2 heterocycles. The number of aliphatic carboxylic acids is 2. The lowest BCUT2D eigenvalue weighted by Crippen LogP contribution is -2.61. The van der Waals surface area contributed by atoms with E-state index >= 15 is 0 Å². The molecular formula is C30H50N4O8. The molecule has 12 nitrogen and oxygen atoms in total. The van der Waals surface area contributed by atoms with E-state index in [1.54, 1.807) is 4.90 Å². The second-order valence-corrected chi connectivity index (χ2v) is 11.9. The van der Waals surface area contributed by atoms with E-state index in [1.807, 2.05) is 4.90 Å². The van der Waals surface area contributed by atoms with Crippen LogP contribution in [0, 0.1) is 11.8 Å². The summed E-state index contributed by atoms with van der Waals surface area (Å²) < 4.78 is 0. The van der Waals surface area contributed by atoms with E-state index in [4.69, 9.17) is 21.7 Å². The summed E-state index contributed by atoms with van der Waals surface area (Å²) in [6.45, 7) is 1.21. The number of hydrogen-bond acceptors (Lipinski definition) is 10. The smallest absolute Gasteiger partial charge is 0.303 e. The van der Waals surface area contributed by atoms with E-state index in [9.17, 15) is 28.8 Å². The minimum absolute atomic E-state index is 0.0697. The maximum Gasteiger partial charge on any atom is 0.303 e. The van der Waals surface area contributed by atoms with E-state index in [-0.39, 0.29) is 74.2 Å². The first-order valence-electron chi connectivity index (χ1n) is 15.5. The number of piperidine rings is 2. The molecule has 2 saturated heterocycles. The van der Waals surface area contributed by atoms with Crippen LogP contribution in [0.2, 0.25) is 0 Å². The molecular weight excluding hydrogens is 544 g/mol. The zero-order chi connectivity index (χ0) is 31.1. The topological polar surface area (TPSA) is 201 Å². The van der Waals surface area contributed by atoms with Crippen molar-refractivity contribution in [3.05, 3.63) is 0 Å². The second-order valence-electron chi connectivity index (χ2n) is 11.9. The van der Waals surface area contributed by atoms with Crippen LogP contribution in [0.3, 0.4) is 0 Å². The molecule has 2 aliphatic rings. The Morgan fingerprint density at radius 1 is 0.690 bits per heavy atom. The Balaban J connectivity index is 1.99. The molecule has 12 heteroatoms. The van der Waals surface area contributed by atoms with Crippen LogP contribution in [0.5, 0.6) is 0 Å². The van der Waals surface area contributed by atoms with Crippen LogP contribution in [0.4, 0.5) is 0 Å². The Bertz CT molecular complexity index is 906. The van der Waals surface area contributed by atoms with Crippen LogP contribution in [0.25, 0.3) is 0 Å². The van der Waals surface area contributed by atoms with E-state index in [2.05, 4.69) is 0 Å². The average molecular weight is 595 g/mol. The number of hydrogen-bond donors (Lipinski definition) is 4. The highest BCUT2D eigenvalue weighted by atomic mass is 16.4. The molecule has 0 aliphatic carbocycles. The molecule has 0 aromatic heterocycles. The van der Waals surface area contributed by atoms with Crippen LogP contribution in [0.15, 0.2) is 0 Å². The highest BCUT2D eigenvalue weighted by molar-refractivity contribution is 6.06. The molecule has 2 unspecified atom stereocenters. The van der Waals surface area contributed by atoms with Gasteiger partial charge < -0.3 is 21.7 Å². The lowest BCUT2D eigenvalue weighted by Gasteiger charge is -2.42. The molecule has 0 aromatic carbocycles. The molecule has 0 saturated carbocycles. The fraction of sp³-hybridized carbons (Fsp3) is 0.800. The first-order valence-corrected chi connectivity index (χ1v) is 15.5. The summed E-state index contributed by atoms with van der Waals surface area (Å²) in [7, 11) is 0. The standard InChI is InChI=1S/C30H50N4O8/c31-15-9-3-6-12-23(32)24(34-19-27(37)22(28(38)20-34)11-5-2-8-14-30(41)42)16-33-17-25(35)21(26(36)18-33)10-4-1-7-13-29(39)40/h21-24H,1-20,31-32H2,(H,39,40)(H,41,42). The third kappa shape index (κ3) is 12.4. The Hall–Kier alpha value is -2.54. The second kappa shape index (κ2) is 18.9. The molecule has 6 N–H and O–H groups in total. The molecule has 0 spiro atoms. The zero-order valence-corrected chi connectivity index (χ0v) is 24.8. The van der Waals surface area contributed by atoms with Gasteiger partial charge in [0, 0.05) is 31.5 Å². The monoisotopic (exact) mass is 594 g/mol. The maximum atomic E-state index is 13.1. The van der Waals surface area contributed by atoms with Crippen molar-refractivity contribution in [3.63, 3.8) is 0 Å². The van der Waals surface area contributed by atoms with Crippen LogP contribution >= 0.6 is 0 Å². The third-order valence-electron chi connectivity index (χ3n) is 8.45. The number of rotatable bonds is 21. The summed E-state index contributed by atoms with van der Waals surface area (Å²) in [6, 6.07) is -0.756. The van der Waals surface area contributed by atoms with Gasteiger partial charge in [-0.2, -0.15) is 0 Å². The summed E-state index contributed by atoms with van der Waals surface area (Å²) in [5.41, 5.74) is 12.3. The first kappa shape index (κ1) is 35.7. The number of carbonyl (C=O) groups excluding carboxylic acids is 4. The minimum Gasteiger partial charge on any atom is -0.481 e. The number of unbranched alkanes of at least 4 members (excludes halogenated alkanes) is 6. The van der Waals surface area contributed by atoms with E-state index in [1.165, 1.54) is 0 Å². The molecule has 238 valence electrons. The average Bonchev–Trinajstić information content (AvgIpc) is 2.91. The normalized spacial score (nSPS) is 19.4. The number of ketones is 4. The van der Waals surface area contributed by atoms with Crippen molar-refractivity contribution >= 4 is 35.1 Å². The molecule has 0 aromatic rings. The Labute approximate surface area is 248 Å². The minimum atomic E-state index is -0.860. The van der Waals surface area contributed by atoms with Crippen molar-refractivity contribution in [2.24, 2.45) is 23.3 Å². The number of nitrogens with two attached hydrogens (primary N) is 2. The van der Waals surface area contributed by atoms with Crippen molar-refractivity contribution in [1.29, 1.82) is 0 Å². The Morgan fingerprint density at radius 3 is 1.60 bits per heavy atom. The lowest BCUT2D eigenvalue weighted by atomic mass is 9.86. The summed E-state index contributed by atoms with van der Waals surface area (Å²) in [6.07, 6.45) is 7.79. The van der Waals surface area contributed by atoms with Gasteiger partial charge in [-0.25, -0.2) is 0 Å². The molecule has 42 heavy (non-hydrogen) atoms. The van der Waals surface area contributed by atoms with Gasteiger partial charge in [0.05, 0.1) is 38.0 Å². The van der Waals surface area contributed by atoms with E-state index in [0.29, 0.717) is 70.9 Å². The van der Waals surface area contributed by atoms with Gasteiger partial charge in [0.2, 0.25) is 0 Å². The van der Waals surface area contributed by atoms with Gasteiger partial charge in [-0.05, 0) is 45.1 Å². The summed E-state index contributed by atoms with van der Waals surface area (Å²) in [5.74, 6) is -3.74. The first-order chi connectivity index (χ1) is 20.0. The van der Waals surface area contributed by atoms with Gasteiger partial charge in [-0.1, -0.05) is 38.5 Å². The van der Waals surface area contributed by atoms with Gasteiger partial charge in [-0.3, -0.25) is 38.6 Å². The third-order valence-corrected chi connectivity index (χ3v) is 8.45. The van der Waals surface area contributed by atoms with Crippen molar-refractivity contribution in [2.75, 3.05) is 39.3 Å². The summed E-state index contributed by atoms with van der Waals surface area (Å²) >= 11 is 0. The van der Waals surface area contributed by atoms with E-state index < -0.39 is 23.8 Å². The summed E-state index contributed by atoms with van der Waals surface area (Å²) in [4.78, 5) is 77.0. The van der Waals surface area contributed by atoms with E-state index in [0.717, 1.165) is 19.3 Å². The van der Waals surface area contributed by atoms with Gasteiger partial charge in [0.15, 0.2) is 23.1 Å². The van der Waals surface area contributed by atoms with Crippen LogP contribution < -0.4 is 11.5 Å². The molecule has 2 fully saturated rings. The molecule has 0 radical (unpaired) electrons. The number of carboxylic acids is 2. The highest BCUT2D eigenvalue weighted by Gasteiger charge is 2.40. The predicted molar refractivity (Wildman–Crippen MR) is 156 cm³/mol. The SMILES string of the molecule is NCCCCCC(N)C(CN1CC(=O)C(CCCCCC(=O)O)C(=O)C1)N1CC(=O)C(CCCCCC(=O)O)C(=O)C1. The largest absolute Gasteiger partial charge is 0.481 e. The molecule has 2 aliphatic heterocycles.